The van der Waals surface area contributed by atoms with Gasteiger partial charge in [-0.2, -0.15) is 0 Å². The van der Waals surface area contributed by atoms with Gasteiger partial charge in [-0.05, 0) is 74.9 Å². The van der Waals surface area contributed by atoms with E-state index in [9.17, 15) is 9.59 Å². The summed E-state index contributed by atoms with van der Waals surface area (Å²) in [5, 5.41) is 9.53. The van der Waals surface area contributed by atoms with Crippen LogP contribution in [0.5, 0.6) is 0 Å². The first kappa shape index (κ1) is 20.2. The molecule has 6 heteroatoms. The Morgan fingerprint density at radius 2 is 1.67 bits per heavy atom. The van der Waals surface area contributed by atoms with Gasteiger partial charge in [0, 0.05) is 23.2 Å². The number of benzene rings is 1. The lowest BCUT2D eigenvalue weighted by Gasteiger charge is -2.23. The van der Waals surface area contributed by atoms with Crippen LogP contribution in [0.2, 0.25) is 0 Å². The van der Waals surface area contributed by atoms with E-state index in [1.807, 2.05) is 12.1 Å². The lowest BCUT2D eigenvalue weighted by Crippen LogP contribution is -2.36. The third-order valence-electron chi connectivity index (χ3n) is 6.46. The lowest BCUT2D eigenvalue weighted by molar-refractivity contribution is -0.118. The molecule has 2 amide bonds. The van der Waals surface area contributed by atoms with E-state index < -0.39 is 0 Å². The Kier molecular flexibility index (Phi) is 6.43. The summed E-state index contributed by atoms with van der Waals surface area (Å²) in [6.07, 6.45) is 9.07. The fourth-order valence-electron chi connectivity index (χ4n) is 4.65. The second-order valence-corrected chi connectivity index (χ2v) is 8.24. The topological polar surface area (TPSA) is 70.2 Å². The van der Waals surface area contributed by atoms with Crippen LogP contribution in [0.1, 0.15) is 61.7 Å². The first-order valence-corrected chi connectivity index (χ1v) is 10.1. The number of carbonyl (C=O) groups excluding carboxylic acids is 2. The molecule has 3 aliphatic rings. The van der Waals surface area contributed by atoms with Crippen molar-refractivity contribution < 1.29 is 9.59 Å². The fourth-order valence-corrected chi connectivity index (χ4v) is 4.65. The molecule has 5 nitrogen and oxygen atoms in total. The maximum absolute atomic E-state index is 12.5. The standard InChI is InChI=1S/C21H29N3O2.ClH/c25-19(23-16-4-2-1-3-5-16)15-6-8-17(9-7-15)24-20(26)18-14-21(18)10-12-22-13-11-21;/h6-9,16,18,22H,1-5,10-14H2,(H,23,25)(H,24,26);1H. The molecule has 2 saturated carbocycles. The van der Waals surface area contributed by atoms with E-state index in [0.29, 0.717) is 11.6 Å². The zero-order chi connectivity index (χ0) is 18.0. The minimum atomic E-state index is -0.00868. The quantitative estimate of drug-likeness (QED) is 0.735. The van der Waals surface area contributed by atoms with Gasteiger partial charge in [-0.25, -0.2) is 0 Å². The average molecular weight is 392 g/mol. The summed E-state index contributed by atoms with van der Waals surface area (Å²) in [6, 6.07) is 7.60. The van der Waals surface area contributed by atoms with Gasteiger partial charge in [0.25, 0.3) is 5.91 Å². The van der Waals surface area contributed by atoms with E-state index in [2.05, 4.69) is 16.0 Å². The molecule has 1 unspecified atom stereocenters. The number of piperidine rings is 1. The third-order valence-corrected chi connectivity index (χ3v) is 6.46. The molecule has 1 saturated heterocycles. The Morgan fingerprint density at radius 1 is 1.00 bits per heavy atom. The van der Waals surface area contributed by atoms with Crippen molar-refractivity contribution in [1.29, 1.82) is 0 Å². The van der Waals surface area contributed by atoms with Crippen molar-refractivity contribution in [2.24, 2.45) is 11.3 Å². The molecule has 148 valence electrons. The van der Waals surface area contributed by atoms with Gasteiger partial charge in [-0.1, -0.05) is 19.3 Å². The molecule has 0 bridgehead atoms. The van der Waals surface area contributed by atoms with Crippen molar-refractivity contribution in [2.45, 2.75) is 57.4 Å². The summed E-state index contributed by atoms with van der Waals surface area (Å²) in [4.78, 5) is 24.9. The highest BCUT2D eigenvalue weighted by Crippen LogP contribution is 2.58. The van der Waals surface area contributed by atoms with Crippen LogP contribution in [0.3, 0.4) is 0 Å². The lowest BCUT2D eigenvalue weighted by atomic mass is 9.92. The monoisotopic (exact) mass is 391 g/mol. The van der Waals surface area contributed by atoms with Gasteiger partial charge in [0.2, 0.25) is 5.91 Å². The number of amides is 2. The molecule has 2 aliphatic carbocycles. The summed E-state index contributed by atoms with van der Waals surface area (Å²) in [6.45, 7) is 2.04. The molecule has 1 spiro atoms. The number of hydrogen-bond donors (Lipinski definition) is 3. The zero-order valence-corrected chi connectivity index (χ0v) is 16.6. The van der Waals surface area contributed by atoms with Crippen LogP contribution < -0.4 is 16.0 Å². The van der Waals surface area contributed by atoms with E-state index in [4.69, 9.17) is 0 Å². The van der Waals surface area contributed by atoms with Gasteiger partial charge in [0.15, 0.2) is 0 Å². The first-order chi connectivity index (χ1) is 12.7. The first-order valence-electron chi connectivity index (χ1n) is 10.1. The van der Waals surface area contributed by atoms with E-state index in [1.54, 1.807) is 12.1 Å². The maximum atomic E-state index is 12.5. The number of carbonyl (C=O) groups is 2. The highest BCUT2D eigenvalue weighted by atomic mass is 35.5. The molecule has 3 N–H and O–H groups in total. The molecule has 3 fully saturated rings. The number of nitrogens with one attached hydrogen (secondary N) is 3. The number of halogens is 1. The SMILES string of the molecule is Cl.O=C(NC1CCCCC1)c1ccc(NC(=O)C2CC23CCNCC3)cc1. The summed E-state index contributed by atoms with van der Waals surface area (Å²) < 4.78 is 0. The smallest absolute Gasteiger partial charge is 0.251 e. The second kappa shape index (κ2) is 8.61. The number of anilines is 1. The van der Waals surface area contributed by atoms with E-state index in [0.717, 1.165) is 50.9 Å². The molecule has 1 atom stereocenters. The summed E-state index contributed by atoms with van der Waals surface area (Å²) in [7, 11) is 0. The van der Waals surface area contributed by atoms with E-state index in [1.165, 1.54) is 19.3 Å². The van der Waals surface area contributed by atoms with E-state index in [-0.39, 0.29) is 35.6 Å². The van der Waals surface area contributed by atoms with Gasteiger partial charge in [-0.3, -0.25) is 9.59 Å². The highest BCUT2D eigenvalue weighted by Gasteiger charge is 2.57. The summed E-state index contributed by atoms with van der Waals surface area (Å²) in [5.41, 5.74) is 1.69. The van der Waals surface area contributed by atoms with Gasteiger partial charge < -0.3 is 16.0 Å². The molecule has 1 aromatic carbocycles. The van der Waals surface area contributed by atoms with Gasteiger partial charge in [0.05, 0.1) is 0 Å². The predicted molar refractivity (Wildman–Crippen MR) is 109 cm³/mol. The van der Waals surface area contributed by atoms with E-state index >= 15 is 0 Å². The minimum Gasteiger partial charge on any atom is -0.349 e. The fraction of sp³-hybridized carbons (Fsp3) is 0.619. The minimum absolute atomic E-state index is 0. The molecule has 4 rings (SSSR count). The Balaban J connectivity index is 0.00000210. The van der Waals surface area contributed by atoms with Crippen LogP contribution in [0.25, 0.3) is 0 Å². The van der Waals surface area contributed by atoms with Gasteiger partial charge in [0.1, 0.15) is 0 Å². The van der Waals surface area contributed by atoms with Crippen molar-refractivity contribution in [2.75, 3.05) is 18.4 Å². The molecule has 0 aromatic heterocycles. The van der Waals surface area contributed by atoms with Crippen LogP contribution in [0.4, 0.5) is 5.69 Å². The van der Waals surface area contributed by atoms with Crippen molar-refractivity contribution in [3.63, 3.8) is 0 Å². The molecule has 1 aliphatic heterocycles. The Morgan fingerprint density at radius 3 is 2.33 bits per heavy atom. The molecular weight excluding hydrogens is 362 g/mol. The normalized spacial score (nSPS) is 23.9. The van der Waals surface area contributed by atoms with Crippen molar-refractivity contribution in [3.8, 4) is 0 Å². The predicted octanol–water partition coefficient (Wildman–Crippen LogP) is 3.50. The Labute approximate surface area is 167 Å². The van der Waals surface area contributed by atoms with Crippen LogP contribution in [0, 0.1) is 11.3 Å². The third kappa shape index (κ3) is 4.64. The van der Waals surface area contributed by atoms with Crippen LogP contribution in [0.15, 0.2) is 24.3 Å². The zero-order valence-electron chi connectivity index (χ0n) is 15.8. The highest BCUT2D eigenvalue weighted by molar-refractivity contribution is 5.97. The Hall–Kier alpha value is -1.59. The average Bonchev–Trinajstić information content (AvgIpc) is 3.36. The number of rotatable bonds is 4. The summed E-state index contributed by atoms with van der Waals surface area (Å²) >= 11 is 0. The largest absolute Gasteiger partial charge is 0.349 e. The van der Waals surface area contributed by atoms with Crippen LogP contribution in [-0.2, 0) is 4.79 Å². The van der Waals surface area contributed by atoms with Crippen LogP contribution >= 0.6 is 12.4 Å². The van der Waals surface area contributed by atoms with Gasteiger partial charge >= 0.3 is 0 Å². The number of hydrogen-bond acceptors (Lipinski definition) is 3. The second-order valence-electron chi connectivity index (χ2n) is 8.24. The van der Waals surface area contributed by atoms with Crippen molar-refractivity contribution in [1.82, 2.24) is 10.6 Å². The van der Waals surface area contributed by atoms with Gasteiger partial charge in [-0.15, -0.1) is 12.4 Å². The van der Waals surface area contributed by atoms with Crippen molar-refractivity contribution >= 4 is 29.9 Å². The van der Waals surface area contributed by atoms with Crippen molar-refractivity contribution in [3.05, 3.63) is 29.8 Å². The molecule has 1 heterocycles. The molecule has 27 heavy (non-hydrogen) atoms. The molecular formula is C21H30ClN3O2. The maximum Gasteiger partial charge on any atom is 0.251 e. The molecule has 0 radical (unpaired) electrons. The molecule has 1 aromatic rings. The van der Waals surface area contributed by atoms with Crippen LogP contribution in [-0.4, -0.2) is 30.9 Å². The Bertz CT molecular complexity index is 665. The summed E-state index contributed by atoms with van der Waals surface area (Å²) in [5.74, 6) is 0.274.